The third kappa shape index (κ3) is 4.04. The molecule has 3 N–H and O–H groups in total. The van der Waals surface area contributed by atoms with Gasteiger partial charge in [0.05, 0.1) is 0 Å². The highest BCUT2D eigenvalue weighted by Gasteiger charge is 2.21. The molecule has 0 unspecified atom stereocenters. The molecule has 4 nitrogen and oxygen atoms in total. The minimum absolute atomic E-state index is 0.0147. The van der Waals surface area contributed by atoms with Crippen LogP contribution in [0.25, 0.3) is 0 Å². The Labute approximate surface area is 108 Å². The quantitative estimate of drug-likeness (QED) is 0.804. The zero-order valence-electron chi connectivity index (χ0n) is 10.7. The molecule has 0 saturated heterocycles. The van der Waals surface area contributed by atoms with E-state index in [0.29, 0.717) is 11.7 Å². The molecule has 1 aromatic carbocycles. The number of nitrogens with two attached hydrogens (primary N) is 1. The van der Waals surface area contributed by atoms with Gasteiger partial charge >= 0.3 is 0 Å². The summed E-state index contributed by atoms with van der Waals surface area (Å²) in [7, 11) is 0. The number of hydrogen-bond acceptors (Lipinski definition) is 3. The van der Waals surface area contributed by atoms with Gasteiger partial charge in [0, 0.05) is 12.6 Å². The highest BCUT2D eigenvalue weighted by Crippen LogP contribution is 2.27. The molecule has 18 heavy (non-hydrogen) atoms. The Morgan fingerprint density at radius 1 is 1.44 bits per heavy atom. The number of amides is 1. The van der Waals surface area contributed by atoms with E-state index in [1.165, 1.54) is 12.8 Å². The smallest absolute Gasteiger partial charge is 0.257 e. The molecule has 0 radical (unpaired) electrons. The Bertz CT molecular complexity index is 397. The summed E-state index contributed by atoms with van der Waals surface area (Å²) in [5, 5.41) is 2.86. The largest absolute Gasteiger partial charge is 0.484 e. The molecule has 1 atom stereocenters. The third-order valence-corrected chi connectivity index (χ3v) is 3.06. The summed E-state index contributed by atoms with van der Waals surface area (Å²) >= 11 is 0. The van der Waals surface area contributed by atoms with E-state index in [4.69, 9.17) is 10.5 Å². The van der Waals surface area contributed by atoms with E-state index in [9.17, 15) is 4.79 Å². The predicted molar refractivity (Wildman–Crippen MR) is 70.3 cm³/mol. The van der Waals surface area contributed by atoms with Gasteiger partial charge in [-0.05, 0) is 43.4 Å². The first kappa shape index (κ1) is 12.9. The topological polar surface area (TPSA) is 64.3 Å². The maximum Gasteiger partial charge on any atom is 0.257 e. The molecule has 1 aromatic rings. The number of carbonyl (C=O) groups is 1. The number of benzene rings is 1. The van der Waals surface area contributed by atoms with E-state index in [2.05, 4.69) is 5.32 Å². The van der Waals surface area contributed by atoms with Crippen LogP contribution < -0.4 is 15.8 Å². The lowest BCUT2D eigenvalue weighted by molar-refractivity contribution is -0.123. The van der Waals surface area contributed by atoms with Crippen molar-refractivity contribution in [2.75, 3.05) is 13.2 Å². The van der Waals surface area contributed by atoms with Gasteiger partial charge in [0.25, 0.3) is 5.91 Å². The molecule has 0 heterocycles. The van der Waals surface area contributed by atoms with Gasteiger partial charge in [0.1, 0.15) is 5.75 Å². The van der Waals surface area contributed by atoms with Crippen LogP contribution in [-0.4, -0.2) is 19.1 Å². The lowest BCUT2D eigenvalue weighted by atomic mass is 10.1. The lowest BCUT2D eigenvalue weighted by Crippen LogP contribution is -2.30. The minimum Gasteiger partial charge on any atom is -0.484 e. The SMILES string of the molecule is C[C@H](N)c1ccc(OCC(=O)NCC2CC2)cc1. The first-order chi connectivity index (χ1) is 8.65. The minimum atomic E-state index is -0.0573. The number of nitrogens with one attached hydrogen (secondary N) is 1. The van der Waals surface area contributed by atoms with Crippen LogP contribution in [0.3, 0.4) is 0 Å². The number of hydrogen-bond donors (Lipinski definition) is 2. The van der Waals surface area contributed by atoms with Crippen LogP contribution in [0.15, 0.2) is 24.3 Å². The van der Waals surface area contributed by atoms with Crippen LogP contribution in [0.2, 0.25) is 0 Å². The zero-order valence-corrected chi connectivity index (χ0v) is 10.7. The second-order valence-electron chi connectivity index (χ2n) is 4.89. The molecule has 98 valence electrons. The lowest BCUT2D eigenvalue weighted by Gasteiger charge is -2.09. The molecule has 0 bridgehead atoms. The van der Waals surface area contributed by atoms with E-state index in [0.717, 1.165) is 12.1 Å². The van der Waals surface area contributed by atoms with Crippen LogP contribution in [-0.2, 0) is 4.79 Å². The van der Waals surface area contributed by atoms with E-state index in [1.807, 2.05) is 31.2 Å². The maximum absolute atomic E-state index is 11.5. The fourth-order valence-corrected chi connectivity index (χ4v) is 1.65. The molecule has 4 heteroatoms. The van der Waals surface area contributed by atoms with Crippen LogP contribution in [0.1, 0.15) is 31.4 Å². The van der Waals surface area contributed by atoms with Gasteiger partial charge in [-0.1, -0.05) is 12.1 Å². The number of ether oxygens (including phenoxy) is 1. The van der Waals surface area contributed by atoms with Crippen LogP contribution >= 0.6 is 0 Å². The van der Waals surface area contributed by atoms with Crippen molar-refractivity contribution < 1.29 is 9.53 Å². The van der Waals surface area contributed by atoms with Crippen molar-refractivity contribution >= 4 is 5.91 Å². The first-order valence-corrected chi connectivity index (χ1v) is 6.40. The summed E-state index contributed by atoms with van der Waals surface area (Å²) < 4.78 is 5.40. The standard InChI is InChI=1S/C14H20N2O2/c1-10(15)12-4-6-13(7-5-12)18-9-14(17)16-8-11-2-3-11/h4-7,10-11H,2-3,8-9,15H2,1H3,(H,16,17)/t10-/m0/s1. The second kappa shape index (κ2) is 5.87. The van der Waals surface area contributed by atoms with Gasteiger partial charge in [-0.3, -0.25) is 4.79 Å². The van der Waals surface area contributed by atoms with E-state index < -0.39 is 0 Å². The molecule has 1 amide bonds. The number of rotatable bonds is 6. The first-order valence-electron chi connectivity index (χ1n) is 6.40. The van der Waals surface area contributed by atoms with Crippen LogP contribution in [0.5, 0.6) is 5.75 Å². The fraction of sp³-hybridized carbons (Fsp3) is 0.500. The van der Waals surface area contributed by atoms with Crippen molar-refractivity contribution in [1.82, 2.24) is 5.32 Å². The van der Waals surface area contributed by atoms with Gasteiger partial charge in [-0.25, -0.2) is 0 Å². The molecule has 2 rings (SSSR count). The van der Waals surface area contributed by atoms with E-state index in [-0.39, 0.29) is 18.6 Å². The Balaban J connectivity index is 1.73. The number of carbonyl (C=O) groups excluding carboxylic acids is 1. The van der Waals surface area contributed by atoms with Gasteiger partial charge in [-0.2, -0.15) is 0 Å². The van der Waals surface area contributed by atoms with Crippen LogP contribution in [0, 0.1) is 5.92 Å². The summed E-state index contributed by atoms with van der Waals surface area (Å²) in [6, 6.07) is 7.53. The summed E-state index contributed by atoms with van der Waals surface area (Å²) in [6.45, 7) is 2.79. The van der Waals surface area contributed by atoms with Crippen molar-refractivity contribution in [2.24, 2.45) is 11.7 Å². The second-order valence-corrected chi connectivity index (χ2v) is 4.89. The predicted octanol–water partition coefficient (Wildman–Crippen LogP) is 1.61. The van der Waals surface area contributed by atoms with Crippen LogP contribution in [0.4, 0.5) is 0 Å². The van der Waals surface area contributed by atoms with Crippen molar-refractivity contribution in [3.8, 4) is 5.75 Å². The summed E-state index contributed by atoms with van der Waals surface area (Å²) in [4.78, 5) is 11.5. The fourth-order valence-electron chi connectivity index (χ4n) is 1.65. The Morgan fingerprint density at radius 2 is 2.11 bits per heavy atom. The molecular formula is C14H20N2O2. The van der Waals surface area contributed by atoms with E-state index >= 15 is 0 Å². The van der Waals surface area contributed by atoms with Gasteiger partial charge in [-0.15, -0.1) is 0 Å². The Morgan fingerprint density at radius 3 is 2.67 bits per heavy atom. The molecule has 0 spiro atoms. The van der Waals surface area contributed by atoms with E-state index in [1.54, 1.807) is 0 Å². The van der Waals surface area contributed by atoms with Crippen molar-refractivity contribution in [3.05, 3.63) is 29.8 Å². The average molecular weight is 248 g/mol. The monoisotopic (exact) mass is 248 g/mol. The molecule has 1 aliphatic rings. The zero-order chi connectivity index (χ0) is 13.0. The summed E-state index contributed by atoms with van der Waals surface area (Å²) in [5.74, 6) is 1.33. The average Bonchev–Trinajstić information content (AvgIpc) is 3.18. The summed E-state index contributed by atoms with van der Waals surface area (Å²) in [6.07, 6.45) is 2.47. The molecule has 1 saturated carbocycles. The normalized spacial score (nSPS) is 16.1. The molecular weight excluding hydrogens is 228 g/mol. The van der Waals surface area contributed by atoms with Crippen molar-refractivity contribution in [1.29, 1.82) is 0 Å². The van der Waals surface area contributed by atoms with Gasteiger partial charge in [0.15, 0.2) is 6.61 Å². The van der Waals surface area contributed by atoms with Gasteiger partial charge in [0.2, 0.25) is 0 Å². The highest BCUT2D eigenvalue weighted by molar-refractivity contribution is 5.77. The van der Waals surface area contributed by atoms with Gasteiger partial charge < -0.3 is 15.8 Å². The Kier molecular flexibility index (Phi) is 4.20. The molecule has 0 aliphatic heterocycles. The maximum atomic E-state index is 11.5. The molecule has 1 aliphatic carbocycles. The highest BCUT2D eigenvalue weighted by atomic mass is 16.5. The van der Waals surface area contributed by atoms with Crippen molar-refractivity contribution in [3.63, 3.8) is 0 Å². The van der Waals surface area contributed by atoms with Crippen molar-refractivity contribution in [2.45, 2.75) is 25.8 Å². The third-order valence-electron chi connectivity index (χ3n) is 3.06. The Hall–Kier alpha value is -1.55. The summed E-state index contributed by atoms with van der Waals surface area (Å²) in [5.41, 5.74) is 6.81. The molecule has 0 aromatic heterocycles. The molecule has 1 fully saturated rings.